The minimum Gasteiger partial charge on any atom is -0.0984 e. The van der Waals surface area contributed by atoms with E-state index in [1.54, 1.807) is 0 Å². The molecule has 0 amide bonds. The third-order valence-corrected chi connectivity index (χ3v) is 1.56. The van der Waals surface area contributed by atoms with Crippen LogP contribution in [0.15, 0.2) is 60.3 Å². The molecule has 0 aromatic heterocycles. The minimum atomic E-state index is 1.07. The number of rotatable bonds is 4. The summed E-state index contributed by atoms with van der Waals surface area (Å²) in [6.45, 7) is 13.7. The molecular formula is C13H18. The average Bonchev–Trinajstić information content (AvgIpc) is 2.05. The van der Waals surface area contributed by atoms with Crippen LogP contribution < -0.4 is 0 Å². The van der Waals surface area contributed by atoms with Gasteiger partial charge in [0.2, 0.25) is 0 Å². The Hall–Kier alpha value is -1.30. The molecular weight excluding hydrogens is 156 g/mol. The first-order valence-electron chi connectivity index (χ1n) is 4.42. The van der Waals surface area contributed by atoms with E-state index in [1.165, 1.54) is 5.57 Å². The molecule has 0 aliphatic heterocycles. The Labute approximate surface area is 81.7 Å². The van der Waals surface area contributed by atoms with Gasteiger partial charge in [-0.3, -0.25) is 0 Å². The van der Waals surface area contributed by atoms with Gasteiger partial charge in [-0.05, 0) is 31.9 Å². The van der Waals surface area contributed by atoms with Gasteiger partial charge in [-0.2, -0.15) is 0 Å². The lowest BCUT2D eigenvalue weighted by Crippen LogP contribution is -1.80. The summed E-state index contributed by atoms with van der Waals surface area (Å²) in [6.07, 6.45) is 9.84. The lowest BCUT2D eigenvalue weighted by Gasteiger charge is -2.00. The van der Waals surface area contributed by atoms with Crippen molar-refractivity contribution in [1.29, 1.82) is 0 Å². The second-order valence-corrected chi connectivity index (χ2v) is 3.04. The molecule has 0 spiro atoms. The molecule has 0 bridgehead atoms. The van der Waals surface area contributed by atoms with Crippen LogP contribution in [-0.2, 0) is 0 Å². The highest BCUT2D eigenvalue weighted by Crippen LogP contribution is 2.12. The summed E-state index contributed by atoms with van der Waals surface area (Å²) >= 11 is 0. The van der Waals surface area contributed by atoms with Crippen LogP contribution >= 0.6 is 0 Å². The second-order valence-electron chi connectivity index (χ2n) is 3.04. The minimum absolute atomic E-state index is 1.07. The Bertz CT molecular complexity index is 258. The Kier molecular flexibility index (Phi) is 5.62. The van der Waals surface area contributed by atoms with Crippen LogP contribution in [0.1, 0.15) is 20.8 Å². The smallest absolute Gasteiger partial charge is 0.0188 e. The van der Waals surface area contributed by atoms with Crippen molar-refractivity contribution in [3.8, 4) is 0 Å². The van der Waals surface area contributed by atoms with Gasteiger partial charge in [0, 0.05) is 0 Å². The fourth-order valence-corrected chi connectivity index (χ4v) is 1.04. The van der Waals surface area contributed by atoms with Crippen LogP contribution in [0.5, 0.6) is 0 Å². The summed E-state index contributed by atoms with van der Waals surface area (Å²) in [4.78, 5) is 0. The molecule has 13 heavy (non-hydrogen) atoms. The van der Waals surface area contributed by atoms with Gasteiger partial charge < -0.3 is 0 Å². The largest absolute Gasteiger partial charge is 0.0984 e. The molecule has 0 saturated carbocycles. The first-order chi connectivity index (χ1) is 6.15. The highest BCUT2D eigenvalue weighted by Gasteiger charge is 1.92. The molecule has 0 aromatic rings. The van der Waals surface area contributed by atoms with Crippen LogP contribution in [0.4, 0.5) is 0 Å². The maximum Gasteiger partial charge on any atom is -0.0188 e. The molecule has 0 saturated heterocycles. The molecule has 0 aliphatic rings. The van der Waals surface area contributed by atoms with Crippen molar-refractivity contribution in [3.63, 3.8) is 0 Å². The molecule has 0 nitrogen and oxygen atoms in total. The average molecular weight is 174 g/mol. The third kappa shape index (κ3) is 4.32. The van der Waals surface area contributed by atoms with E-state index in [9.17, 15) is 0 Å². The fraction of sp³-hybridized carbons (Fsp3) is 0.231. The molecule has 70 valence electrons. The van der Waals surface area contributed by atoms with E-state index < -0.39 is 0 Å². The molecule has 0 heterocycles. The van der Waals surface area contributed by atoms with Gasteiger partial charge >= 0.3 is 0 Å². The van der Waals surface area contributed by atoms with Gasteiger partial charge in [-0.15, -0.1) is 0 Å². The van der Waals surface area contributed by atoms with E-state index in [2.05, 4.69) is 39.2 Å². The Morgan fingerprint density at radius 2 is 1.54 bits per heavy atom. The summed E-state index contributed by atoms with van der Waals surface area (Å²) < 4.78 is 0. The van der Waals surface area contributed by atoms with Gasteiger partial charge in [0.15, 0.2) is 0 Å². The SMILES string of the molecule is C=CC(C=C)=C(C=C(C)C)/C=C\C. The predicted molar refractivity (Wildman–Crippen MR) is 61.7 cm³/mol. The topological polar surface area (TPSA) is 0 Å². The maximum absolute atomic E-state index is 3.75. The number of hydrogen-bond donors (Lipinski definition) is 0. The Morgan fingerprint density at radius 1 is 1.00 bits per heavy atom. The van der Waals surface area contributed by atoms with Crippen LogP contribution in [0.3, 0.4) is 0 Å². The van der Waals surface area contributed by atoms with Crippen molar-refractivity contribution in [3.05, 3.63) is 60.3 Å². The lowest BCUT2D eigenvalue weighted by atomic mass is 10.1. The zero-order valence-electron chi connectivity index (χ0n) is 8.80. The van der Waals surface area contributed by atoms with E-state index in [4.69, 9.17) is 0 Å². The first-order valence-corrected chi connectivity index (χ1v) is 4.42. The summed E-state index contributed by atoms with van der Waals surface area (Å²) in [7, 11) is 0. The first kappa shape index (κ1) is 11.7. The van der Waals surface area contributed by atoms with Gasteiger partial charge in [-0.25, -0.2) is 0 Å². The van der Waals surface area contributed by atoms with Gasteiger partial charge in [0.1, 0.15) is 0 Å². The zero-order chi connectivity index (χ0) is 10.3. The Balaban J connectivity index is 5.20. The fourth-order valence-electron chi connectivity index (χ4n) is 1.04. The number of hydrogen-bond acceptors (Lipinski definition) is 0. The monoisotopic (exact) mass is 174 g/mol. The van der Waals surface area contributed by atoms with Crippen LogP contribution in [0, 0.1) is 0 Å². The van der Waals surface area contributed by atoms with Crippen molar-refractivity contribution in [2.75, 3.05) is 0 Å². The van der Waals surface area contributed by atoms with E-state index in [-0.39, 0.29) is 0 Å². The quantitative estimate of drug-likeness (QED) is 0.560. The predicted octanol–water partition coefficient (Wildman–Crippen LogP) is 4.20. The molecule has 0 aromatic carbocycles. The zero-order valence-corrected chi connectivity index (χ0v) is 8.80. The molecule has 0 radical (unpaired) electrons. The van der Waals surface area contributed by atoms with Gasteiger partial charge in [0.25, 0.3) is 0 Å². The normalized spacial score (nSPS) is 9.46. The van der Waals surface area contributed by atoms with Gasteiger partial charge in [-0.1, -0.05) is 49.1 Å². The third-order valence-electron chi connectivity index (χ3n) is 1.56. The van der Waals surface area contributed by atoms with Crippen molar-refractivity contribution in [2.24, 2.45) is 0 Å². The lowest BCUT2D eigenvalue weighted by molar-refractivity contribution is 1.36. The molecule has 0 rings (SSSR count). The van der Waals surface area contributed by atoms with Crippen molar-refractivity contribution >= 4 is 0 Å². The molecule has 0 unspecified atom stereocenters. The van der Waals surface area contributed by atoms with E-state index in [1.807, 2.05) is 25.2 Å². The van der Waals surface area contributed by atoms with Gasteiger partial charge in [0.05, 0.1) is 0 Å². The van der Waals surface area contributed by atoms with E-state index in [0.717, 1.165) is 11.1 Å². The summed E-state index contributed by atoms with van der Waals surface area (Å²) in [5, 5.41) is 0. The molecule has 0 N–H and O–H groups in total. The molecule has 0 heteroatoms. The van der Waals surface area contributed by atoms with E-state index in [0.29, 0.717) is 0 Å². The number of allylic oxidation sites excluding steroid dienone is 8. The standard InChI is InChI=1S/C13H18/c1-6-9-13(10-11(4)5)12(7-2)8-3/h6-10H,2-3H2,1,4-5H3/b9-6-. The van der Waals surface area contributed by atoms with Crippen molar-refractivity contribution in [1.82, 2.24) is 0 Å². The summed E-state index contributed by atoms with van der Waals surface area (Å²) in [5.41, 5.74) is 3.50. The second kappa shape index (κ2) is 6.24. The van der Waals surface area contributed by atoms with Crippen LogP contribution in [0.2, 0.25) is 0 Å². The highest BCUT2D eigenvalue weighted by atomic mass is 14.0. The summed E-state index contributed by atoms with van der Waals surface area (Å²) in [5.74, 6) is 0. The molecule has 0 aliphatic carbocycles. The molecule has 0 atom stereocenters. The Morgan fingerprint density at radius 3 is 1.85 bits per heavy atom. The molecule has 0 fully saturated rings. The van der Waals surface area contributed by atoms with Crippen molar-refractivity contribution in [2.45, 2.75) is 20.8 Å². The van der Waals surface area contributed by atoms with Crippen LogP contribution in [0.25, 0.3) is 0 Å². The van der Waals surface area contributed by atoms with E-state index >= 15 is 0 Å². The summed E-state index contributed by atoms with van der Waals surface area (Å²) in [6, 6.07) is 0. The van der Waals surface area contributed by atoms with Crippen molar-refractivity contribution < 1.29 is 0 Å². The highest BCUT2D eigenvalue weighted by molar-refractivity contribution is 5.46. The maximum atomic E-state index is 3.75. The van der Waals surface area contributed by atoms with Crippen LogP contribution in [-0.4, -0.2) is 0 Å².